The Morgan fingerprint density at radius 3 is 1.67 bits per heavy atom. The average Bonchev–Trinajstić information content (AvgIpc) is 2.89. The third-order valence-electron chi connectivity index (χ3n) is 5.55. The van der Waals surface area contributed by atoms with Gasteiger partial charge in [-0.2, -0.15) is 0 Å². The fraction of sp³-hybridized carbons (Fsp3) is 0.286. The van der Waals surface area contributed by atoms with Crippen LogP contribution in [0.15, 0.2) is 91.0 Å². The molecule has 0 aliphatic carbocycles. The molecule has 0 bridgehead atoms. The Morgan fingerprint density at radius 2 is 1.17 bits per heavy atom. The zero-order chi connectivity index (χ0) is 25.9. The van der Waals surface area contributed by atoms with Crippen molar-refractivity contribution in [2.45, 2.75) is 32.7 Å². The van der Waals surface area contributed by atoms with E-state index < -0.39 is 25.1 Å². The van der Waals surface area contributed by atoms with Crippen molar-refractivity contribution in [2.75, 3.05) is 12.8 Å². The van der Waals surface area contributed by atoms with E-state index in [4.69, 9.17) is 14.0 Å². The summed E-state index contributed by atoms with van der Waals surface area (Å²) in [6.07, 6.45) is -0.413. The summed E-state index contributed by atoms with van der Waals surface area (Å²) in [6.45, 7) is 1.36. The molecule has 0 aliphatic heterocycles. The average molecular weight is 513 g/mol. The number of carbonyl (C=O) groups excluding carboxylic acids is 2. The first-order chi connectivity index (χ1) is 17.2. The molecule has 1 unspecified atom stereocenters. The Morgan fingerprint density at radius 1 is 0.722 bits per heavy atom. The van der Waals surface area contributed by atoms with Crippen molar-refractivity contribution in [3.8, 4) is 0 Å². The Hall–Kier alpha value is -3.09. The van der Waals surface area contributed by atoms with Crippen molar-refractivity contribution in [3.05, 3.63) is 108 Å². The molecule has 0 saturated carbocycles. The van der Waals surface area contributed by atoms with Gasteiger partial charge in [-0.15, -0.1) is 0 Å². The predicted molar refractivity (Wildman–Crippen MR) is 139 cm³/mol. The Bertz CT molecular complexity index is 1100. The van der Waals surface area contributed by atoms with Crippen molar-refractivity contribution >= 4 is 19.2 Å². The van der Waals surface area contributed by atoms with E-state index in [-0.39, 0.29) is 38.8 Å². The van der Waals surface area contributed by atoms with Crippen LogP contribution in [0.2, 0.25) is 0 Å². The fourth-order valence-electron chi connectivity index (χ4n) is 3.61. The third kappa shape index (κ3) is 9.88. The van der Waals surface area contributed by atoms with Crippen molar-refractivity contribution < 1.29 is 33.4 Å². The van der Waals surface area contributed by atoms with Gasteiger partial charge in [-0.05, 0) is 0 Å². The first kappa shape index (κ1) is 27.5. The molecule has 3 aromatic rings. The summed E-state index contributed by atoms with van der Waals surface area (Å²) in [6, 6.07) is 27.5. The van der Waals surface area contributed by atoms with Crippen LogP contribution < -0.4 is 0 Å². The second kappa shape index (κ2) is 12.7. The van der Waals surface area contributed by atoms with Gasteiger partial charge in [0.1, 0.15) is 0 Å². The molecule has 3 rings (SSSR count). The fourth-order valence-corrected chi connectivity index (χ4v) is 5.55. The van der Waals surface area contributed by atoms with Crippen molar-refractivity contribution in [1.82, 2.24) is 0 Å². The van der Waals surface area contributed by atoms with Gasteiger partial charge in [0.05, 0.1) is 0 Å². The molecule has 3 aromatic carbocycles. The summed E-state index contributed by atoms with van der Waals surface area (Å²) in [5.41, 5.74) is 2.42. The van der Waals surface area contributed by atoms with Crippen LogP contribution in [0.1, 0.15) is 29.5 Å². The summed E-state index contributed by atoms with van der Waals surface area (Å²) in [4.78, 5) is 47.3. The van der Waals surface area contributed by atoms with E-state index in [1.807, 2.05) is 78.9 Å². The van der Waals surface area contributed by atoms with E-state index >= 15 is 0 Å². The molecule has 7 nitrogen and oxygen atoms in total. The van der Waals surface area contributed by atoms with Gasteiger partial charge in [-0.25, -0.2) is 0 Å². The molecule has 0 radical (unpaired) electrons. The summed E-state index contributed by atoms with van der Waals surface area (Å²) in [5, 5.41) is 0. The molecule has 0 aromatic heterocycles. The monoisotopic (exact) mass is 512 g/mol. The number of hydrogen-bond donors (Lipinski definition) is 2. The van der Waals surface area contributed by atoms with E-state index in [2.05, 4.69) is 0 Å². The second-order valence-electron chi connectivity index (χ2n) is 8.98. The molecule has 0 heterocycles. The number of benzene rings is 3. The van der Waals surface area contributed by atoms with Crippen LogP contribution >= 0.6 is 7.28 Å². The van der Waals surface area contributed by atoms with E-state index in [1.165, 1.54) is 6.66 Å². The first-order valence-electron chi connectivity index (χ1n) is 11.8. The van der Waals surface area contributed by atoms with Crippen LogP contribution in [0, 0.1) is 5.92 Å². The third-order valence-corrected chi connectivity index (χ3v) is 7.63. The number of hydrogen-bond acceptors (Lipinski definition) is 7. The van der Waals surface area contributed by atoms with Crippen LogP contribution in [0.5, 0.6) is 0 Å². The van der Waals surface area contributed by atoms with Gasteiger partial charge in [0.15, 0.2) is 0 Å². The first-order valence-corrected chi connectivity index (χ1v) is 14.5. The van der Waals surface area contributed by atoms with E-state index in [0.717, 1.165) is 16.7 Å². The van der Waals surface area contributed by atoms with E-state index in [1.54, 1.807) is 12.1 Å². The molecule has 0 saturated heterocycles. The molecule has 0 amide bonds. The Labute approximate surface area is 211 Å². The topological polar surface area (TPSA) is 102 Å². The maximum absolute atomic E-state index is 13.0. The standard InChI is InChI=1S/C28H33O7P/c1-36(31,32,35-21-25-15-9-4-10-16-25)22-26(28(30)34-20-24-13-7-3-8-14-24)17-18-27(29)33-19-23-11-5-2-6-12-23/h2-16,26,31-32H,17-22H2,1H3. The minimum absolute atomic E-state index is 0.0208. The van der Waals surface area contributed by atoms with Crippen LogP contribution in [-0.2, 0) is 43.4 Å². The van der Waals surface area contributed by atoms with Gasteiger partial charge in [-0.3, -0.25) is 0 Å². The zero-order valence-corrected chi connectivity index (χ0v) is 21.3. The molecule has 0 spiro atoms. The number of carbonyl (C=O) groups is 2. The molecule has 8 heteroatoms. The molecule has 192 valence electrons. The zero-order valence-electron chi connectivity index (χ0n) is 20.4. The summed E-state index contributed by atoms with van der Waals surface area (Å²) >= 11 is 0. The van der Waals surface area contributed by atoms with Gasteiger partial charge in [0.2, 0.25) is 0 Å². The summed E-state index contributed by atoms with van der Waals surface area (Å²) < 4.78 is 16.3. The maximum atomic E-state index is 13.0. The number of rotatable bonds is 13. The molecular weight excluding hydrogens is 479 g/mol. The minimum atomic E-state index is -4.70. The van der Waals surface area contributed by atoms with Gasteiger partial charge in [-0.1, -0.05) is 0 Å². The van der Waals surface area contributed by atoms with Crippen LogP contribution in [0.4, 0.5) is 0 Å². The van der Waals surface area contributed by atoms with Gasteiger partial charge >= 0.3 is 212 Å². The predicted octanol–water partition coefficient (Wildman–Crippen LogP) is 5.00. The van der Waals surface area contributed by atoms with Crippen molar-refractivity contribution in [3.63, 3.8) is 0 Å². The summed E-state index contributed by atoms with van der Waals surface area (Å²) in [7, 11) is -4.70. The molecule has 0 aliphatic rings. The second-order valence-corrected chi connectivity index (χ2v) is 12.7. The van der Waals surface area contributed by atoms with Crippen molar-refractivity contribution in [2.24, 2.45) is 5.92 Å². The van der Waals surface area contributed by atoms with Crippen LogP contribution in [0.25, 0.3) is 0 Å². The molecule has 1 atom stereocenters. The quantitative estimate of drug-likeness (QED) is 0.245. The van der Waals surface area contributed by atoms with Crippen LogP contribution in [0.3, 0.4) is 0 Å². The normalized spacial score (nSPS) is 13.2. The molecule has 2 N–H and O–H groups in total. The van der Waals surface area contributed by atoms with Gasteiger partial charge < -0.3 is 0 Å². The Balaban J connectivity index is 1.62. The van der Waals surface area contributed by atoms with E-state index in [9.17, 15) is 19.4 Å². The van der Waals surface area contributed by atoms with Crippen molar-refractivity contribution in [1.29, 1.82) is 0 Å². The number of ether oxygens (including phenoxy) is 2. The van der Waals surface area contributed by atoms with Gasteiger partial charge in [0.25, 0.3) is 0 Å². The number of esters is 2. The Kier molecular flexibility index (Phi) is 9.73. The SMILES string of the molecule is CP(O)(O)(CC(CCC(=O)OCc1ccccc1)C(=O)OCc1ccccc1)OCc1ccccc1. The van der Waals surface area contributed by atoms with E-state index in [0.29, 0.717) is 0 Å². The van der Waals surface area contributed by atoms with Crippen LogP contribution in [-0.4, -0.2) is 34.6 Å². The molecule has 0 fully saturated rings. The molecule has 36 heavy (non-hydrogen) atoms. The van der Waals surface area contributed by atoms with Gasteiger partial charge in [0, 0.05) is 0 Å². The molecular formula is C28H33O7P. The summed E-state index contributed by atoms with van der Waals surface area (Å²) in [5.74, 6) is -2.08.